The van der Waals surface area contributed by atoms with E-state index in [0.29, 0.717) is 5.69 Å². The van der Waals surface area contributed by atoms with Gasteiger partial charge in [0.05, 0.1) is 18.8 Å². The molecule has 0 unspecified atom stereocenters. The van der Waals surface area contributed by atoms with E-state index >= 15 is 0 Å². The van der Waals surface area contributed by atoms with Gasteiger partial charge in [0.15, 0.2) is 0 Å². The van der Waals surface area contributed by atoms with E-state index in [2.05, 4.69) is 10.3 Å². The normalized spacial score (nSPS) is 13.0. The molecule has 0 bridgehead atoms. The highest BCUT2D eigenvalue weighted by molar-refractivity contribution is 7.09. The van der Waals surface area contributed by atoms with Gasteiger partial charge in [-0.15, -0.1) is 16.4 Å². The lowest BCUT2D eigenvalue weighted by molar-refractivity contribution is 0.194. The first-order valence-corrected chi connectivity index (χ1v) is 5.24. The van der Waals surface area contributed by atoms with Crippen LogP contribution in [0.1, 0.15) is 23.6 Å². The van der Waals surface area contributed by atoms with E-state index in [-0.39, 0.29) is 0 Å². The van der Waals surface area contributed by atoms with Gasteiger partial charge in [0.2, 0.25) is 0 Å². The quantitative estimate of drug-likeness (QED) is 0.832. The molecule has 5 heteroatoms. The van der Waals surface area contributed by atoms with Gasteiger partial charge in [-0.3, -0.25) is 0 Å². The van der Waals surface area contributed by atoms with Gasteiger partial charge in [0.25, 0.3) is 0 Å². The molecular weight excluding hydrogens is 198 g/mol. The van der Waals surface area contributed by atoms with Crippen LogP contribution in [0.25, 0.3) is 0 Å². The van der Waals surface area contributed by atoms with Gasteiger partial charge in [0, 0.05) is 4.88 Å². The van der Waals surface area contributed by atoms with Crippen molar-refractivity contribution in [3.8, 4) is 0 Å². The maximum atomic E-state index is 9.25. The van der Waals surface area contributed by atoms with E-state index in [0.717, 1.165) is 6.54 Å². The molecular formula is C9H11N3OS. The fraction of sp³-hybridized carbons (Fsp3) is 0.333. The van der Waals surface area contributed by atoms with Crippen LogP contribution in [-0.2, 0) is 6.54 Å². The molecule has 0 aliphatic carbocycles. The zero-order chi connectivity index (χ0) is 9.97. The van der Waals surface area contributed by atoms with Crippen molar-refractivity contribution in [3.05, 3.63) is 34.3 Å². The molecule has 1 atom stereocenters. The molecule has 0 amide bonds. The lowest BCUT2D eigenvalue weighted by atomic mass is 10.3. The van der Waals surface area contributed by atoms with Gasteiger partial charge < -0.3 is 5.11 Å². The van der Waals surface area contributed by atoms with E-state index in [1.54, 1.807) is 29.1 Å². The standard InChI is InChI=1S/C9H11N3OS/c1-7(13)9-6-12(11-10-9)5-8-3-2-4-14-8/h2-4,6-7,13H,5H2,1H3/t7-/m1/s1. The van der Waals surface area contributed by atoms with Gasteiger partial charge in [0.1, 0.15) is 5.69 Å². The highest BCUT2D eigenvalue weighted by Gasteiger charge is 2.06. The number of nitrogens with zero attached hydrogens (tertiary/aromatic N) is 3. The maximum Gasteiger partial charge on any atom is 0.111 e. The Morgan fingerprint density at radius 3 is 3.07 bits per heavy atom. The van der Waals surface area contributed by atoms with Crippen LogP contribution in [0.4, 0.5) is 0 Å². The highest BCUT2D eigenvalue weighted by atomic mass is 32.1. The molecule has 0 aromatic carbocycles. The van der Waals surface area contributed by atoms with Gasteiger partial charge in [-0.2, -0.15) is 0 Å². The minimum absolute atomic E-state index is 0.549. The second-order valence-corrected chi connectivity index (χ2v) is 4.13. The summed E-state index contributed by atoms with van der Waals surface area (Å²) in [5.74, 6) is 0. The fourth-order valence-corrected chi connectivity index (χ4v) is 1.84. The molecule has 0 aliphatic rings. The molecule has 0 radical (unpaired) electrons. The number of hydrogen-bond acceptors (Lipinski definition) is 4. The molecule has 0 fully saturated rings. The van der Waals surface area contributed by atoms with Crippen molar-refractivity contribution in [2.75, 3.05) is 0 Å². The molecule has 0 spiro atoms. The molecule has 0 saturated heterocycles. The second-order valence-electron chi connectivity index (χ2n) is 3.10. The molecule has 2 aromatic heterocycles. The number of aromatic nitrogens is 3. The molecule has 74 valence electrons. The zero-order valence-electron chi connectivity index (χ0n) is 7.79. The van der Waals surface area contributed by atoms with Crippen LogP contribution in [0, 0.1) is 0 Å². The van der Waals surface area contributed by atoms with E-state index < -0.39 is 6.10 Å². The predicted molar refractivity (Wildman–Crippen MR) is 54.1 cm³/mol. The largest absolute Gasteiger partial charge is 0.387 e. The highest BCUT2D eigenvalue weighted by Crippen LogP contribution is 2.11. The van der Waals surface area contributed by atoms with Crippen molar-refractivity contribution in [1.82, 2.24) is 15.0 Å². The van der Waals surface area contributed by atoms with Crippen LogP contribution in [0.3, 0.4) is 0 Å². The van der Waals surface area contributed by atoms with E-state index in [1.165, 1.54) is 4.88 Å². The fourth-order valence-electron chi connectivity index (χ4n) is 1.14. The summed E-state index contributed by atoms with van der Waals surface area (Å²) < 4.78 is 1.73. The Bertz CT molecular complexity index is 394. The minimum Gasteiger partial charge on any atom is -0.387 e. The SMILES string of the molecule is C[C@@H](O)c1cn(Cc2cccs2)nn1. The monoisotopic (exact) mass is 209 g/mol. The molecule has 0 aliphatic heterocycles. The van der Waals surface area contributed by atoms with Gasteiger partial charge >= 0.3 is 0 Å². The summed E-state index contributed by atoms with van der Waals surface area (Å²) in [4.78, 5) is 1.23. The molecule has 2 heterocycles. The number of aliphatic hydroxyl groups excluding tert-OH is 1. The van der Waals surface area contributed by atoms with E-state index in [4.69, 9.17) is 0 Å². The van der Waals surface area contributed by atoms with Gasteiger partial charge in [-0.1, -0.05) is 11.3 Å². The van der Waals surface area contributed by atoms with Crippen LogP contribution in [0.5, 0.6) is 0 Å². The third kappa shape index (κ3) is 2.00. The summed E-state index contributed by atoms with van der Waals surface area (Å²) in [5.41, 5.74) is 0.613. The predicted octanol–water partition coefficient (Wildman–Crippen LogP) is 1.44. The Morgan fingerprint density at radius 1 is 1.64 bits per heavy atom. The lowest BCUT2D eigenvalue weighted by Crippen LogP contribution is -1.98. The third-order valence-electron chi connectivity index (χ3n) is 1.88. The first-order chi connectivity index (χ1) is 6.75. The van der Waals surface area contributed by atoms with Crippen LogP contribution < -0.4 is 0 Å². The Balaban J connectivity index is 2.11. The number of hydrogen-bond donors (Lipinski definition) is 1. The van der Waals surface area contributed by atoms with Crippen LogP contribution in [0.2, 0.25) is 0 Å². The average molecular weight is 209 g/mol. The Hall–Kier alpha value is -1.20. The molecule has 4 nitrogen and oxygen atoms in total. The first kappa shape index (κ1) is 9.36. The smallest absolute Gasteiger partial charge is 0.111 e. The van der Waals surface area contributed by atoms with Crippen LogP contribution >= 0.6 is 11.3 Å². The summed E-state index contributed by atoms with van der Waals surface area (Å²) in [6.45, 7) is 2.40. The van der Waals surface area contributed by atoms with Crippen molar-refractivity contribution in [2.24, 2.45) is 0 Å². The van der Waals surface area contributed by atoms with Crippen LogP contribution in [-0.4, -0.2) is 20.1 Å². The number of thiophene rings is 1. The maximum absolute atomic E-state index is 9.25. The Kier molecular flexibility index (Phi) is 2.60. The second kappa shape index (κ2) is 3.89. The van der Waals surface area contributed by atoms with Crippen molar-refractivity contribution < 1.29 is 5.11 Å². The summed E-state index contributed by atoms with van der Waals surface area (Å²) in [5, 5.41) is 19.1. The average Bonchev–Trinajstić information content (AvgIpc) is 2.75. The Labute approximate surface area is 85.8 Å². The molecule has 14 heavy (non-hydrogen) atoms. The van der Waals surface area contributed by atoms with Crippen molar-refractivity contribution in [3.63, 3.8) is 0 Å². The minimum atomic E-state index is -0.549. The van der Waals surface area contributed by atoms with Crippen LogP contribution in [0.15, 0.2) is 23.7 Å². The molecule has 1 N–H and O–H groups in total. The number of rotatable bonds is 3. The molecule has 2 aromatic rings. The molecule has 2 rings (SSSR count). The third-order valence-corrected chi connectivity index (χ3v) is 2.74. The van der Waals surface area contributed by atoms with Gasteiger partial charge in [-0.05, 0) is 18.4 Å². The van der Waals surface area contributed by atoms with E-state index in [1.807, 2.05) is 17.5 Å². The summed E-state index contributed by atoms with van der Waals surface area (Å²) >= 11 is 1.68. The topological polar surface area (TPSA) is 50.9 Å². The summed E-state index contributed by atoms with van der Waals surface area (Å²) in [6.07, 6.45) is 1.22. The van der Waals surface area contributed by atoms with Crippen molar-refractivity contribution >= 4 is 11.3 Å². The summed E-state index contributed by atoms with van der Waals surface area (Å²) in [6, 6.07) is 4.06. The van der Waals surface area contributed by atoms with Crippen molar-refractivity contribution in [1.29, 1.82) is 0 Å². The van der Waals surface area contributed by atoms with Gasteiger partial charge in [-0.25, -0.2) is 4.68 Å². The van der Waals surface area contributed by atoms with Crippen molar-refractivity contribution in [2.45, 2.75) is 19.6 Å². The molecule has 0 saturated carbocycles. The lowest BCUT2D eigenvalue weighted by Gasteiger charge is -1.96. The Morgan fingerprint density at radius 2 is 2.50 bits per heavy atom. The number of aliphatic hydroxyl groups is 1. The zero-order valence-corrected chi connectivity index (χ0v) is 8.61. The first-order valence-electron chi connectivity index (χ1n) is 4.36. The summed E-state index contributed by atoms with van der Waals surface area (Å²) in [7, 11) is 0. The van der Waals surface area contributed by atoms with E-state index in [9.17, 15) is 5.11 Å².